The highest BCUT2D eigenvalue weighted by atomic mass is 32.2. The van der Waals surface area contributed by atoms with Crippen LogP contribution in [0.15, 0.2) is 15.9 Å². The van der Waals surface area contributed by atoms with Crippen molar-refractivity contribution in [3.63, 3.8) is 0 Å². The zero-order chi connectivity index (χ0) is 7.40. The van der Waals surface area contributed by atoms with Crippen molar-refractivity contribution in [2.75, 3.05) is 5.88 Å². The van der Waals surface area contributed by atoms with Crippen LogP contribution in [0, 0.1) is 10.1 Å². The molecule has 1 rings (SSSR count). The molecule has 0 aliphatic rings. The van der Waals surface area contributed by atoms with Crippen molar-refractivity contribution in [2.45, 2.75) is 4.34 Å². The van der Waals surface area contributed by atoms with Gasteiger partial charge in [0, 0.05) is 16.5 Å². The highest BCUT2D eigenvalue weighted by Crippen LogP contribution is 2.19. The summed E-state index contributed by atoms with van der Waals surface area (Å²) in [4.78, 5) is 13.4. The predicted molar refractivity (Wildman–Crippen MR) is 39.8 cm³/mol. The minimum Gasteiger partial charge on any atom is -0.264 e. The van der Waals surface area contributed by atoms with Crippen LogP contribution >= 0.6 is 23.1 Å². The molecule has 1 heterocycles. The minimum absolute atomic E-state index is 0.104. The van der Waals surface area contributed by atoms with Gasteiger partial charge in [0.15, 0.2) is 4.34 Å². The summed E-state index contributed by atoms with van der Waals surface area (Å²) < 4.78 is 0.747. The number of rotatable bonds is 3. The number of hydrogen-bond donors (Lipinski definition) is 0. The molecule has 0 atom stereocenters. The molecule has 4 nitrogen and oxygen atoms in total. The summed E-state index contributed by atoms with van der Waals surface area (Å²) >= 11 is 2.56. The Hall–Kier alpha value is -0.620. The molecule has 1 aromatic rings. The van der Waals surface area contributed by atoms with E-state index in [1.807, 2.05) is 0 Å². The van der Waals surface area contributed by atoms with Crippen LogP contribution in [0.25, 0.3) is 0 Å². The Morgan fingerprint density at radius 2 is 2.70 bits per heavy atom. The van der Waals surface area contributed by atoms with Crippen molar-refractivity contribution in [1.29, 1.82) is 0 Å². The molecule has 0 spiro atoms. The Labute approximate surface area is 65.4 Å². The standard InChI is InChI=1S/C4H4N2O2S2/c7-6(8)3-10-4-5-1-2-9-4/h1-2H,3H2. The quantitative estimate of drug-likeness (QED) is 0.303. The lowest BCUT2D eigenvalue weighted by molar-refractivity contribution is -0.456. The molecule has 10 heavy (non-hydrogen) atoms. The molecule has 0 saturated heterocycles. The highest BCUT2D eigenvalue weighted by molar-refractivity contribution is 8.00. The lowest BCUT2D eigenvalue weighted by Gasteiger charge is -1.86. The van der Waals surface area contributed by atoms with Crippen molar-refractivity contribution in [2.24, 2.45) is 0 Å². The van der Waals surface area contributed by atoms with Crippen LogP contribution in [0.2, 0.25) is 0 Å². The van der Waals surface area contributed by atoms with Gasteiger partial charge in [0.05, 0.1) is 0 Å². The van der Waals surface area contributed by atoms with Crippen molar-refractivity contribution < 1.29 is 4.92 Å². The molecule has 54 valence electrons. The lowest BCUT2D eigenvalue weighted by Crippen LogP contribution is -1.94. The van der Waals surface area contributed by atoms with Crippen LogP contribution < -0.4 is 0 Å². The normalized spacial score (nSPS) is 9.60. The van der Waals surface area contributed by atoms with E-state index in [9.17, 15) is 10.1 Å². The third-order valence-corrected chi connectivity index (χ3v) is 2.60. The topological polar surface area (TPSA) is 56.0 Å². The first-order valence-electron chi connectivity index (χ1n) is 2.43. The van der Waals surface area contributed by atoms with E-state index in [4.69, 9.17) is 0 Å². The summed E-state index contributed by atoms with van der Waals surface area (Å²) in [7, 11) is 0. The van der Waals surface area contributed by atoms with Crippen LogP contribution in [0.4, 0.5) is 0 Å². The van der Waals surface area contributed by atoms with Gasteiger partial charge >= 0.3 is 0 Å². The fraction of sp³-hybridized carbons (Fsp3) is 0.250. The van der Waals surface area contributed by atoms with E-state index in [0.29, 0.717) is 0 Å². The molecule has 0 unspecified atom stereocenters. The predicted octanol–water partition coefficient (Wildman–Crippen LogP) is 1.47. The third-order valence-electron chi connectivity index (χ3n) is 0.703. The Kier molecular flexibility index (Phi) is 2.64. The van der Waals surface area contributed by atoms with Crippen LogP contribution in [0.3, 0.4) is 0 Å². The number of thiazole rings is 1. The molecule has 0 aliphatic heterocycles. The van der Waals surface area contributed by atoms with Gasteiger partial charge in [-0.05, 0) is 11.8 Å². The minimum atomic E-state index is -0.369. The molecule has 6 heteroatoms. The van der Waals surface area contributed by atoms with Crippen LogP contribution in [0.1, 0.15) is 0 Å². The van der Waals surface area contributed by atoms with Crippen molar-refractivity contribution in [3.05, 3.63) is 21.7 Å². The Morgan fingerprint density at radius 1 is 1.90 bits per heavy atom. The number of hydrogen-bond acceptors (Lipinski definition) is 5. The second-order valence-corrected chi connectivity index (χ2v) is 3.49. The van der Waals surface area contributed by atoms with Gasteiger partial charge in [0.25, 0.3) is 5.88 Å². The van der Waals surface area contributed by atoms with Crippen molar-refractivity contribution in [1.82, 2.24) is 4.98 Å². The summed E-state index contributed by atoms with van der Waals surface area (Å²) in [6, 6.07) is 0. The maximum Gasteiger partial charge on any atom is 0.255 e. The van der Waals surface area contributed by atoms with Gasteiger partial charge in [-0.25, -0.2) is 4.98 Å². The van der Waals surface area contributed by atoms with Crippen molar-refractivity contribution in [3.8, 4) is 0 Å². The fourth-order valence-corrected chi connectivity index (χ4v) is 1.70. The molecule has 0 radical (unpaired) electrons. The van der Waals surface area contributed by atoms with Gasteiger partial charge in [0.2, 0.25) is 0 Å². The van der Waals surface area contributed by atoms with E-state index in [1.54, 1.807) is 11.6 Å². The average Bonchev–Trinajstić information content (AvgIpc) is 2.34. The van der Waals surface area contributed by atoms with Crippen LogP contribution in [-0.4, -0.2) is 15.8 Å². The second-order valence-electron chi connectivity index (χ2n) is 1.40. The number of nitro groups is 1. The maximum atomic E-state index is 9.86. The Bertz CT molecular complexity index is 211. The molecule has 1 aromatic heterocycles. The summed E-state index contributed by atoms with van der Waals surface area (Å²) in [5, 5.41) is 11.6. The summed E-state index contributed by atoms with van der Waals surface area (Å²) in [6.07, 6.45) is 1.63. The average molecular weight is 176 g/mol. The van der Waals surface area contributed by atoms with E-state index in [1.165, 1.54) is 11.3 Å². The first kappa shape index (κ1) is 7.49. The van der Waals surface area contributed by atoms with Crippen molar-refractivity contribution >= 4 is 23.1 Å². The van der Waals surface area contributed by atoms with Crippen LogP contribution in [0.5, 0.6) is 0 Å². The molecule has 0 saturated carbocycles. The smallest absolute Gasteiger partial charge is 0.255 e. The van der Waals surface area contributed by atoms with E-state index < -0.39 is 0 Å². The maximum absolute atomic E-state index is 9.86. The van der Waals surface area contributed by atoms with Gasteiger partial charge in [0.1, 0.15) is 0 Å². The first-order valence-corrected chi connectivity index (χ1v) is 4.29. The lowest BCUT2D eigenvalue weighted by atomic mass is 11.0. The monoisotopic (exact) mass is 176 g/mol. The number of thioether (sulfide) groups is 1. The molecular formula is C4H4N2O2S2. The zero-order valence-electron chi connectivity index (χ0n) is 4.89. The Balaban J connectivity index is 2.35. The molecule has 0 N–H and O–H groups in total. The van der Waals surface area contributed by atoms with E-state index >= 15 is 0 Å². The molecule has 0 aliphatic carbocycles. The molecule has 0 bridgehead atoms. The van der Waals surface area contributed by atoms with E-state index in [0.717, 1.165) is 16.1 Å². The van der Waals surface area contributed by atoms with Crippen LogP contribution in [-0.2, 0) is 0 Å². The SMILES string of the molecule is O=[N+]([O-])CSc1nccs1. The van der Waals surface area contributed by atoms with Gasteiger partial charge < -0.3 is 0 Å². The number of aromatic nitrogens is 1. The molecule has 0 aromatic carbocycles. The third kappa shape index (κ3) is 2.32. The largest absolute Gasteiger partial charge is 0.264 e. The highest BCUT2D eigenvalue weighted by Gasteiger charge is 2.00. The fourth-order valence-electron chi connectivity index (χ4n) is 0.390. The summed E-state index contributed by atoms with van der Waals surface area (Å²) in [5.74, 6) is -0.104. The summed E-state index contributed by atoms with van der Waals surface area (Å²) in [6.45, 7) is 0. The van der Waals surface area contributed by atoms with Gasteiger partial charge in [-0.15, -0.1) is 11.3 Å². The molecular weight excluding hydrogens is 172 g/mol. The Morgan fingerprint density at radius 3 is 3.20 bits per heavy atom. The molecule has 0 amide bonds. The van der Waals surface area contributed by atoms with Gasteiger partial charge in [-0.2, -0.15) is 0 Å². The van der Waals surface area contributed by atoms with Gasteiger partial charge in [-0.3, -0.25) is 10.1 Å². The number of nitrogens with zero attached hydrogens (tertiary/aromatic N) is 2. The van der Waals surface area contributed by atoms with E-state index in [-0.39, 0.29) is 10.8 Å². The molecule has 0 fully saturated rings. The zero-order valence-corrected chi connectivity index (χ0v) is 6.52. The second kappa shape index (κ2) is 3.52. The summed E-state index contributed by atoms with van der Waals surface area (Å²) in [5.41, 5.74) is 0. The van der Waals surface area contributed by atoms with E-state index in [2.05, 4.69) is 4.98 Å². The van der Waals surface area contributed by atoms with Gasteiger partial charge in [-0.1, -0.05) is 0 Å². The first-order chi connectivity index (χ1) is 4.79.